The van der Waals surface area contributed by atoms with Gasteiger partial charge in [-0.15, -0.1) is 0 Å². The van der Waals surface area contributed by atoms with Gasteiger partial charge < -0.3 is 14.7 Å². The van der Waals surface area contributed by atoms with Gasteiger partial charge in [0.1, 0.15) is 17.7 Å². The molecule has 8 nitrogen and oxygen atoms in total. The molecule has 0 bridgehead atoms. The number of carbonyl (C=O) groups is 1. The fourth-order valence-electron chi connectivity index (χ4n) is 4.60. The van der Waals surface area contributed by atoms with Crippen LogP contribution >= 0.6 is 0 Å². The molecule has 0 saturated heterocycles. The second-order valence-corrected chi connectivity index (χ2v) is 11.8. The summed E-state index contributed by atoms with van der Waals surface area (Å²) < 4.78 is 47.9. The molecule has 39 heavy (non-hydrogen) atoms. The molecule has 3 aromatic carbocycles. The summed E-state index contributed by atoms with van der Waals surface area (Å²) in [5.41, 5.74) is 1.53. The molecule has 1 aliphatic rings. The molecular weight excluding hydrogens is 521 g/mol. The van der Waals surface area contributed by atoms with Crippen LogP contribution in [0, 0.1) is 11.7 Å². The Morgan fingerprint density at radius 1 is 1.13 bits per heavy atom. The van der Waals surface area contributed by atoms with Gasteiger partial charge in [-0.25, -0.2) is 12.8 Å². The van der Waals surface area contributed by atoms with Crippen LogP contribution in [-0.4, -0.2) is 68.1 Å². The van der Waals surface area contributed by atoms with Crippen molar-refractivity contribution in [3.05, 3.63) is 89.7 Å². The number of amides is 1. The summed E-state index contributed by atoms with van der Waals surface area (Å²) in [5, 5.41) is 9.88. The Balaban J connectivity index is 1.63. The standard InChI is InChI=1S/C29H34FN3O5S/c1-20-16-33(21(2)19-34)29(35)26-15-24(31-39(36,37)25-12-9-23(30)10-13-25)11-14-27(26)38-28(20)18-32(3)17-22-7-5-4-6-8-22/h4-15,20-21,28,31,34H,16-19H2,1-3H3/t20-,21-,28+/m0/s1. The molecule has 4 rings (SSSR count). The van der Waals surface area contributed by atoms with E-state index < -0.39 is 21.9 Å². The molecule has 0 spiro atoms. The van der Waals surface area contributed by atoms with Gasteiger partial charge in [0, 0.05) is 31.2 Å². The second-order valence-electron chi connectivity index (χ2n) is 10.1. The van der Waals surface area contributed by atoms with Crippen molar-refractivity contribution >= 4 is 21.6 Å². The van der Waals surface area contributed by atoms with Crippen molar-refractivity contribution in [2.45, 2.75) is 37.4 Å². The normalized spacial score (nSPS) is 18.6. The first-order valence-corrected chi connectivity index (χ1v) is 14.3. The fourth-order valence-corrected chi connectivity index (χ4v) is 5.65. The fraction of sp³-hybridized carbons (Fsp3) is 0.345. The summed E-state index contributed by atoms with van der Waals surface area (Å²) in [6, 6.07) is 18.7. The quantitative estimate of drug-likeness (QED) is 0.415. The van der Waals surface area contributed by atoms with Crippen molar-refractivity contribution in [1.82, 2.24) is 9.80 Å². The first-order valence-electron chi connectivity index (χ1n) is 12.8. The molecule has 208 valence electrons. The first kappa shape index (κ1) is 28.5. The predicted molar refractivity (Wildman–Crippen MR) is 148 cm³/mol. The number of hydrogen-bond acceptors (Lipinski definition) is 6. The zero-order chi connectivity index (χ0) is 28.2. The topological polar surface area (TPSA) is 99.2 Å². The minimum absolute atomic E-state index is 0.0500. The number of likely N-dealkylation sites (N-methyl/N-ethyl adjacent to an activating group) is 1. The summed E-state index contributed by atoms with van der Waals surface area (Å²) >= 11 is 0. The third kappa shape index (κ3) is 6.95. The van der Waals surface area contributed by atoms with Gasteiger partial charge >= 0.3 is 0 Å². The molecule has 2 N–H and O–H groups in total. The maximum Gasteiger partial charge on any atom is 0.261 e. The van der Waals surface area contributed by atoms with Crippen LogP contribution < -0.4 is 9.46 Å². The van der Waals surface area contributed by atoms with E-state index in [0.717, 1.165) is 18.7 Å². The highest BCUT2D eigenvalue weighted by molar-refractivity contribution is 7.92. The van der Waals surface area contributed by atoms with E-state index in [1.165, 1.54) is 29.8 Å². The predicted octanol–water partition coefficient (Wildman–Crippen LogP) is 3.98. The summed E-state index contributed by atoms with van der Waals surface area (Å²) in [4.78, 5) is 17.3. The number of halogens is 1. The van der Waals surface area contributed by atoms with Crippen molar-refractivity contribution in [3.8, 4) is 5.75 Å². The van der Waals surface area contributed by atoms with Gasteiger partial charge in [0.2, 0.25) is 0 Å². The van der Waals surface area contributed by atoms with Gasteiger partial charge in [0.25, 0.3) is 15.9 Å². The van der Waals surface area contributed by atoms with E-state index in [0.29, 0.717) is 18.8 Å². The molecule has 0 radical (unpaired) electrons. The molecular formula is C29H34FN3O5S. The molecule has 3 aromatic rings. The lowest BCUT2D eigenvalue weighted by Crippen LogP contribution is -2.49. The third-order valence-corrected chi connectivity index (χ3v) is 8.23. The number of sulfonamides is 1. The minimum Gasteiger partial charge on any atom is -0.488 e. The number of nitrogens with zero attached hydrogens (tertiary/aromatic N) is 2. The number of aliphatic hydroxyl groups is 1. The van der Waals surface area contributed by atoms with Crippen LogP contribution in [0.15, 0.2) is 77.7 Å². The van der Waals surface area contributed by atoms with Crippen LogP contribution in [0.25, 0.3) is 0 Å². The molecule has 0 saturated carbocycles. The number of hydrogen-bond donors (Lipinski definition) is 2. The highest BCUT2D eigenvalue weighted by Crippen LogP contribution is 2.31. The van der Waals surface area contributed by atoms with Gasteiger partial charge in [-0.1, -0.05) is 37.3 Å². The summed E-state index contributed by atoms with van der Waals surface area (Å²) in [7, 11) is -2.01. The number of nitrogens with one attached hydrogen (secondary N) is 1. The molecule has 3 atom stereocenters. The number of benzene rings is 3. The molecule has 0 unspecified atom stereocenters. The smallest absolute Gasteiger partial charge is 0.261 e. The van der Waals surface area contributed by atoms with Crippen LogP contribution in [-0.2, 0) is 16.6 Å². The molecule has 1 amide bonds. The monoisotopic (exact) mass is 555 g/mol. The molecule has 1 heterocycles. The number of carbonyl (C=O) groups excluding carboxylic acids is 1. The molecule has 1 aliphatic heterocycles. The molecule has 10 heteroatoms. The zero-order valence-electron chi connectivity index (χ0n) is 22.2. The van der Waals surface area contributed by atoms with Crippen LogP contribution in [0.4, 0.5) is 10.1 Å². The third-order valence-electron chi connectivity index (χ3n) is 6.83. The molecule has 0 aliphatic carbocycles. The number of aliphatic hydroxyl groups excluding tert-OH is 1. The van der Waals surface area contributed by atoms with E-state index in [9.17, 15) is 22.7 Å². The van der Waals surface area contributed by atoms with Crippen LogP contribution in [0.1, 0.15) is 29.8 Å². The number of rotatable bonds is 9. The average molecular weight is 556 g/mol. The lowest BCUT2D eigenvalue weighted by molar-refractivity contribution is 0.0341. The Bertz CT molecular complexity index is 1390. The van der Waals surface area contributed by atoms with Crippen LogP contribution in [0.2, 0.25) is 0 Å². The highest BCUT2D eigenvalue weighted by Gasteiger charge is 2.33. The maximum absolute atomic E-state index is 13.6. The van der Waals surface area contributed by atoms with E-state index in [2.05, 4.69) is 21.8 Å². The average Bonchev–Trinajstić information content (AvgIpc) is 2.91. The SMILES string of the molecule is C[C@H]1CN([C@@H](C)CO)C(=O)c2cc(NS(=O)(=O)c3ccc(F)cc3)ccc2O[C@@H]1CN(C)Cc1ccccc1. The van der Waals surface area contributed by atoms with Gasteiger partial charge in [0.05, 0.1) is 23.1 Å². The van der Waals surface area contributed by atoms with E-state index in [4.69, 9.17) is 4.74 Å². The van der Waals surface area contributed by atoms with Gasteiger partial charge in [-0.3, -0.25) is 14.4 Å². The van der Waals surface area contributed by atoms with E-state index in [-0.39, 0.29) is 40.7 Å². The number of anilines is 1. The second kappa shape index (κ2) is 12.1. The molecule has 0 fully saturated rings. The minimum atomic E-state index is -4.02. The lowest BCUT2D eigenvalue weighted by Gasteiger charge is -2.38. The Hall–Kier alpha value is -3.47. The van der Waals surface area contributed by atoms with Crippen molar-refractivity contribution in [1.29, 1.82) is 0 Å². The van der Waals surface area contributed by atoms with E-state index in [1.807, 2.05) is 32.2 Å². The van der Waals surface area contributed by atoms with Crippen molar-refractivity contribution in [2.24, 2.45) is 5.92 Å². The van der Waals surface area contributed by atoms with Crippen molar-refractivity contribution < 1.29 is 27.4 Å². The lowest BCUT2D eigenvalue weighted by atomic mass is 9.99. The van der Waals surface area contributed by atoms with E-state index >= 15 is 0 Å². The first-order chi connectivity index (χ1) is 18.6. The largest absolute Gasteiger partial charge is 0.488 e. The number of fused-ring (bicyclic) bond motifs is 1. The Labute approximate surface area is 229 Å². The van der Waals surface area contributed by atoms with Crippen molar-refractivity contribution in [2.75, 3.05) is 31.5 Å². The number of ether oxygens (including phenoxy) is 1. The zero-order valence-corrected chi connectivity index (χ0v) is 23.1. The summed E-state index contributed by atoms with van der Waals surface area (Å²) in [6.07, 6.45) is -0.277. The Morgan fingerprint density at radius 2 is 1.82 bits per heavy atom. The Morgan fingerprint density at radius 3 is 2.49 bits per heavy atom. The van der Waals surface area contributed by atoms with E-state index in [1.54, 1.807) is 17.9 Å². The summed E-state index contributed by atoms with van der Waals surface area (Å²) in [5.74, 6) is -0.623. The van der Waals surface area contributed by atoms with Gasteiger partial charge in [0.15, 0.2) is 0 Å². The van der Waals surface area contributed by atoms with Crippen LogP contribution in [0.5, 0.6) is 5.75 Å². The van der Waals surface area contributed by atoms with Crippen LogP contribution in [0.3, 0.4) is 0 Å². The maximum atomic E-state index is 13.6. The Kier molecular flexibility index (Phi) is 8.89. The molecule has 0 aromatic heterocycles. The van der Waals surface area contributed by atoms with Crippen molar-refractivity contribution in [3.63, 3.8) is 0 Å². The highest BCUT2D eigenvalue weighted by atomic mass is 32.2. The van der Waals surface area contributed by atoms with Gasteiger partial charge in [-0.2, -0.15) is 0 Å². The summed E-state index contributed by atoms with van der Waals surface area (Å²) in [6.45, 7) is 5.23. The van der Waals surface area contributed by atoms with Gasteiger partial charge in [-0.05, 0) is 62.0 Å².